The summed E-state index contributed by atoms with van der Waals surface area (Å²) in [5, 5.41) is 3.97. The van der Waals surface area contributed by atoms with E-state index in [1.54, 1.807) is 14.0 Å². The fourth-order valence-corrected chi connectivity index (χ4v) is 3.66. The Hall–Kier alpha value is -2.54. The Labute approximate surface area is 171 Å². The second kappa shape index (κ2) is 9.31. The van der Waals surface area contributed by atoms with Gasteiger partial charge in [-0.25, -0.2) is 0 Å². The molecule has 4 rings (SSSR count). The first-order valence-corrected chi connectivity index (χ1v) is 10.0. The lowest BCUT2D eigenvalue weighted by Gasteiger charge is -2.16. The first-order chi connectivity index (χ1) is 14.2. The van der Waals surface area contributed by atoms with Gasteiger partial charge in [0.2, 0.25) is 11.7 Å². The quantitative estimate of drug-likeness (QED) is 0.540. The Balaban J connectivity index is 1.33. The molecule has 2 aromatic carbocycles. The molecule has 6 nitrogen and oxygen atoms in total. The van der Waals surface area contributed by atoms with E-state index in [2.05, 4.69) is 51.4 Å². The number of hydrogen-bond acceptors (Lipinski definition) is 6. The molecular weight excluding hydrogens is 366 g/mol. The Kier molecular flexibility index (Phi) is 6.34. The van der Waals surface area contributed by atoms with Crippen LogP contribution in [0.15, 0.2) is 53.1 Å². The summed E-state index contributed by atoms with van der Waals surface area (Å²) in [6.07, 6.45) is 1.42. The molecule has 29 heavy (non-hydrogen) atoms. The Bertz CT molecular complexity index is 906. The van der Waals surface area contributed by atoms with E-state index < -0.39 is 0 Å². The summed E-state index contributed by atoms with van der Waals surface area (Å²) in [5.74, 6) is 1.20. The van der Waals surface area contributed by atoms with Gasteiger partial charge in [0, 0.05) is 39.2 Å². The van der Waals surface area contributed by atoms with Crippen LogP contribution in [0.25, 0.3) is 22.5 Å². The number of nitrogens with zero attached hydrogens (tertiary/aromatic N) is 3. The number of likely N-dealkylation sites (tertiary alicyclic amines) is 1. The number of aryl methyl sites for hydroxylation is 1. The molecule has 152 valence electrons. The average molecular weight is 393 g/mol. The maximum absolute atomic E-state index is 5.85. The second-order valence-electron chi connectivity index (χ2n) is 7.42. The highest BCUT2D eigenvalue weighted by molar-refractivity contribution is 5.67. The SMILES string of the molecule is COCCOC1CCN(Cc2ccc(-c3ccc(-c4noc(C)n4)cc3)cc2)C1. The molecule has 1 aliphatic rings. The van der Waals surface area contributed by atoms with Crippen molar-refractivity contribution >= 4 is 0 Å². The van der Waals surface area contributed by atoms with Gasteiger partial charge >= 0.3 is 0 Å². The van der Waals surface area contributed by atoms with Crippen molar-refractivity contribution in [3.63, 3.8) is 0 Å². The van der Waals surface area contributed by atoms with Crippen LogP contribution in [0.1, 0.15) is 17.9 Å². The van der Waals surface area contributed by atoms with E-state index in [0.717, 1.165) is 31.6 Å². The molecule has 0 spiro atoms. The summed E-state index contributed by atoms with van der Waals surface area (Å²) in [6, 6.07) is 17.0. The van der Waals surface area contributed by atoms with Gasteiger partial charge in [0.1, 0.15) is 0 Å². The Morgan fingerprint density at radius 3 is 2.34 bits per heavy atom. The lowest BCUT2D eigenvalue weighted by Crippen LogP contribution is -2.23. The molecule has 0 amide bonds. The highest BCUT2D eigenvalue weighted by Gasteiger charge is 2.22. The lowest BCUT2D eigenvalue weighted by molar-refractivity contribution is 0.0219. The highest BCUT2D eigenvalue weighted by Crippen LogP contribution is 2.24. The number of methoxy groups -OCH3 is 1. The maximum atomic E-state index is 5.85. The number of ether oxygens (including phenoxy) is 2. The molecule has 3 aromatic rings. The predicted molar refractivity (Wildman–Crippen MR) is 111 cm³/mol. The summed E-state index contributed by atoms with van der Waals surface area (Å²) in [4.78, 5) is 6.72. The lowest BCUT2D eigenvalue weighted by atomic mass is 10.0. The topological polar surface area (TPSA) is 60.6 Å². The summed E-state index contributed by atoms with van der Waals surface area (Å²) in [5.41, 5.74) is 4.66. The summed E-state index contributed by atoms with van der Waals surface area (Å²) in [7, 11) is 1.71. The third kappa shape index (κ3) is 5.09. The van der Waals surface area contributed by atoms with Crippen LogP contribution in [0.5, 0.6) is 0 Å². The van der Waals surface area contributed by atoms with Crippen molar-refractivity contribution in [2.75, 3.05) is 33.4 Å². The van der Waals surface area contributed by atoms with Crippen LogP contribution in [-0.4, -0.2) is 54.6 Å². The first kappa shape index (κ1) is 19.8. The molecular formula is C23H27N3O3. The largest absolute Gasteiger partial charge is 0.382 e. The monoisotopic (exact) mass is 393 g/mol. The summed E-state index contributed by atoms with van der Waals surface area (Å²) in [6.45, 7) is 6.16. The molecule has 1 fully saturated rings. The van der Waals surface area contributed by atoms with E-state index in [-0.39, 0.29) is 0 Å². The Morgan fingerprint density at radius 1 is 1.00 bits per heavy atom. The number of hydrogen-bond donors (Lipinski definition) is 0. The van der Waals surface area contributed by atoms with Gasteiger partial charge in [-0.3, -0.25) is 4.90 Å². The van der Waals surface area contributed by atoms with Gasteiger partial charge in [-0.05, 0) is 23.1 Å². The zero-order chi connectivity index (χ0) is 20.1. The van der Waals surface area contributed by atoms with Crippen molar-refractivity contribution in [3.05, 3.63) is 60.0 Å². The first-order valence-electron chi connectivity index (χ1n) is 10.0. The molecule has 0 N–H and O–H groups in total. The fraction of sp³-hybridized carbons (Fsp3) is 0.391. The molecule has 0 radical (unpaired) electrons. The van der Waals surface area contributed by atoms with Crippen LogP contribution in [0.3, 0.4) is 0 Å². The smallest absolute Gasteiger partial charge is 0.223 e. The molecule has 2 heterocycles. The second-order valence-corrected chi connectivity index (χ2v) is 7.42. The standard InChI is InChI=1S/C23H27N3O3/c1-17-24-23(25-29-17)21-9-7-20(8-10-21)19-5-3-18(4-6-19)15-26-12-11-22(16-26)28-14-13-27-2/h3-10,22H,11-16H2,1-2H3. The molecule has 1 atom stereocenters. The number of aromatic nitrogens is 2. The van der Waals surface area contributed by atoms with Crippen molar-refractivity contribution in [1.82, 2.24) is 15.0 Å². The van der Waals surface area contributed by atoms with Gasteiger partial charge in [-0.2, -0.15) is 4.98 Å². The minimum absolute atomic E-state index is 0.325. The molecule has 1 unspecified atom stereocenters. The van der Waals surface area contributed by atoms with Crippen molar-refractivity contribution in [2.45, 2.75) is 26.0 Å². The normalized spacial score (nSPS) is 17.1. The van der Waals surface area contributed by atoms with Crippen LogP contribution in [-0.2, 0) is 16.0 Å². The molecule has 0 saturated carbocycles. The van der Waals surface area contributed by atoms with E-state index in [1.165, 1.54) is 16.7 Å². The molecule has 1 aromatic heterocycles. The molecule has 1 aliphatic heterocycles. The predicted octanol–water partition coefficient (Wildman–Crippen LogP) is 3.95. The van der Waals surface area contributed by atoms with Crippen LogP contribution in [0.2, 0.25) is 0 Å². The van der Waals surface area contributed by atoms with Gasteiger partial charge in [0.15, 0.2) is 0 Å². The number of benzene rings is 2. The Morgan fingerprint density at radius 2 is 1.69 bits per heavy atom. The van der Waals surface area contributed by atoms with Crippen molar-refractivity contribution in [3.8, 4) is 22.5 Å². The third-order valence-corrected chi connectivity index (χ3v) is 5.23. The zero-order valence-electron chi connectivity index (χ0n) is 17.0. The van der Waals surface area contributed by atoms with Crippen LogP contribution in [0.4, 0.5) is 0 Å². The van der Waals surface area contributed by atoms with E-state index in [0.29, 0.717) is 31.0 Å². The molecule has 0 bridgehead atoms. The van der Waals surface area contributed by atoms with Gasteiger partial charge in [0.05, 0.1) is 19.3 Å². The van der Waals surface area contributed by atoms with E-state index >= 15 is 0 Å². The minimum atomic E-state index is 0.325. The molecule has 0 aliphatic carbocycles. The van der Waals surface area contributed by atoms with Crippen molar-refractivity contribution in [2.24, 2.45) is 0 Å². The summed E-state index contributed by atoms with van der Waals surface area (Å²) < 4.78 is 16.0. The van der Waals surface area contributed by atoms with E-state index in [4.69, 9.17) is 14.0 Å². The van der Waals surface area contributed by atoms with Gasteiger partial charge in [0.25, 0.3) is 0 Å². The minimum Gasteiger partial charge on any atom is -0.382 e. The highest BCUT2D eigenvalue weighted by atomic mass is 16.5. The van der Waals surface area contributed by atoms with Crippen molar-refractivity contribution < 1.29 is 14.0 Å². The molecule has 6 heteroatoms. The average Bonchev–Trinajstić information content (AvgIpc) is 3.38. The maximum Gasteiger partial charge on any atom is 0.223 e. The van der Waals surface area contributed by atoms with E-state index in [1.807, 2.05) is 12.1 Å². The van der Waals surface area contributed by atoms with Crippen LogP contribution in [0, 0.1) is 6.92 Å². The van der Waals surface area contributed by atoms with E-state index in [9.17, 15) is 0 Å². The zero-order valence-corrected chi connectivity index (χ0v) is 17.0. The van der Waals surface area contributed by atoms with Crippen LogP contribution >= 0.6 is 0 Å². The molecule has 1 saturated heterocycles. The van der Waals surface area contributed by atoms with Gasteiger partial charge in [-0.15, -0.1) is 0 Å². The number of rotatable bonds is 8. The fourth-order valence-electron chi connectivity index (χ4n) is 3.66. The van der Waals surface area contributed by atoms with Crippen molar-refractivity contribution in [1.29, 1.82) is 0 Å². The van der Waals surface area contributed by atoms with Crippen LogP contribution < -0.4 is 0 Å². The summed E-state index contributed by atoms with van der Waals surface area (Å²) >= 11 is 0. The van der Waals surface area contributed by atoms with Gasteiger partial charge in [-0.1, -0.05) is 53.7 Å². The van der Waals surface area contributed by atoms with Gasteiger partial charge < -0.3 is 14.0 Å². The third-order valence-electron chi connectivity index (χ3n) is 5.23.